The van der Waals surface area contributed by atoms with Crippen molar-refractivity contribution >= 4 is 0 Å². The Bertz CT molecular complexity index is 448. The minimum atomic E-state index is 0.755. The van der Waals surface area contributed by atoms with Crippen LogP contribution < -0.4 is 0 Å². The summed E-state index contributed by atoms with van der Waals surface area (Å²) in [5, 5.41) is 0. The lowest BCUT2D eigenvalue weighted by molar-refractivity contribution is -0.108. The molecule has 0 bridgehead atoms. The molecule has 1 spiro atoms. The molecule has 0 saturated heterocycles. The topological polar surface area (TPSA) is 0 Å². The van der Waals surface area contributed by atoms with Gasteiger partial charge in [0.1, 0.15) is 0 Å². The van der Waals surface area contributed by atoms with Crippen molar-refractivity contribution in [3.8, 4) is 0 Å². The second kappa shape index (κ2) is 5.50. The molecule has 136 valence electrons. The van der Waals surface area contributed by atoms with Gasteiger partial charge in [-0.3, -0.25) is 0 Å². The molecule has 0 radical (unpaired) electrons. The summed E-state index contributed by atoms with van der Waals surface area (Å²) >= 11 is 0. The zero-order chi connectivity index (χ0) is 16.6. The molecule has 0 aromatic carbocycles. The van der Waals surface area contributed by atoms with Crippen LogP contribution in [0.2, 0.25) is 0 Å². The van der Waals surface area contributed by atoms with Crippen molar-refractivity contribution in [2.75, 3.05) is 0 Å². The van der Waals surface area contributed by atoms with Gasteiger partial charge in [-0.1, -0.05) is 66.2 Å². The van der Waals surface area contributed by atoms with Crippen LogP contribution in [0.25, 0.3) is 0 Å². The largest absolute Gasteiger partial charge is 0.0651 e. The Morgan fingerprint density at radius 3 is 1.58 bits per heavy atom. The van der Waals surface area contributed by atoms with E-state index in [0.717, 1.165) is 64.6 Å². The monoisotopic (exact) mass is 328 g/mol. The first kappa shape index (κ1) is 16.2. The third kappa shape index (κ3) is 1.68. The molecule has 0 heteroatoms. The van der Waals surface area contributed by atoms with E-state index in [4.69, 9.17) is 0 Å². The van der Waals surface area contributed by atoms with Crippen molar-refractivity contribution in [2.24, 2.45) is 64.6 Å². The van der Waals surface area contributed by atoms with Crippen LogP contribution in [-0.2, 0) is 0 Å². The molecular weight excluding hydrogens is 288 g/mol. The summed E-state index contributed by atoms with van der Waals surface area (Å²) < 4.78 is 0. The normalized spacial score (nSPS) is 61.5. The first-order valence-corrected chi connectivity index (χ1v) is 11.7. The minimum Gasteiger partial charge on any atom is -0.0651 e. The van der Waals surface area contributed by atoms with E-state index in [2.05, 4.69) is 27.7 Å². The fraction of sp³-hybridized carbons (Fsp3) is 1.00. The fourth-order valence-corrected chi connectivity index (χ4v) is 10.7. The Hall–Kier alpha value is 0. The smallest absolute Gasteiger partial charge is 0.0173 e. The first-order chi connectivity index (χ1) is 11.7. The highest BCUT2D eigenvalue weighted by molar-refractivity contribution is 5.21. The second-order valence-electron chi connectivity index (χ2n) is 10.7. The van der Waals surface area contributed by atoms with E-state index in [0.29, 0.717) is 0 Å². The Kier molecular flexibility index (Phi) is 3.71. The maximum atomic E-state index is 2.74. The molecule has 24 heavy (non-hydrogen) atoms. The van der Waals surface area contributed by atoms with Crippen molar-refractivity contribution < 1.29 is 0 Å². The van der Waals surface area contributed by atoms with E-state index in [1.54, 1.807) is 44.9 Å². The average molecular weight is 329 g/mol. The van der Waals surface area contributed by atoms with E-state index in [-0.39, 0.29) is 0 Å². The van der Waals surface area contributed by atoms with Crippen molar-refractivity contribution in [2.45, 2.75) is 85.5 Å². The third-order valence-corrected chi connectivity index (χ3v) is 10.8. The Morgan fingerprint density at radius 1 is 0.708 bits per heavy atom. The molecule has 0 N–H and O–H groups in total. The lowest BCUT2D eigenvalue weighted by Crippen LogP contribution is -2.53. The van der Waals surface area contributed by atoms with Crippen molar-refractivity contribution in [3.05, 3.63) is 0 Å². The molecule has 0 heterocycles. The van der Waals surface area contributed by atoms with E-state index >= 15 is 0 Å². The molecule has 0 aliphatic heterocycles. The molecule has 5 aliphatic carbocycles. The second-order valence-corrected chi connectivity index (χ2v) is 10.7. The fourth-order valence-electron chi connectivity index (χ4n) is 10.7. The van der Waals surface area contributed by atoms with Crippen LogP contribution in [0.4, 0.5) is 0 Å². The molecule has 5 fully saturated rings. The molecule has 10 unspecified atom stereocenters. The Balaban J connectivity index is 1.69. The van der Waals surface area contributed by atoms with Gasteiger partial charge in [-0.25, -0.2) is 0 Å². The van der Waals surface area contributed by atoms with Gasteiger partial charge >= 0.3 is 0 Å². The van der Waals surface area contributed by atoms with Gasteiger partial charge in [0.2, 0.25) is 0 Å². The maximum absolute atomic E-state index is 2.74. The van der Waals surface area contributed by atoms with Gasteiger partial charge in [0.05, 0.1) is 0 Å². The predicted octanol–water partition coefficient (Wildman–Crippen LogP) is 6.79. The van der Waals surface area contributed by atoms with Crippen LogP contribution in [0.15, 0.2) is 0 Å². The number of hydrogen-bond donors (Lipinski definition) is 0. The lowest BCUT2D eigenvalue weighted by Gasteiger charge is -2.59. The predicted molar refractivity (Wildman–Crippen MR) is 102 cm³/mol. The van der Waals surface area contributed by atoms with Crippen LogP contribution in [0.1, 0.15) is 85.5 Å². The molecular formula is C24H40. The van der Waals surface area contributed by atoms with Crippen molar-refractivity contribution in [1.29, 1.82) is 0 Å². The molecule has 0 amide bonds. The van der Waals surface area contributed by atoms with Crippen molar-refractivity contribution in [3.63, 3.8) is 0 Å². The van der Waals surface area contributed by atoms with Gasteiger partial charge < -0.3 is 0 Å². The van der Waals surface area contributed by atoms with E-state index < -0.39 is 0 Å². The molecule has 5 saturated carbocycles. The number of hydrogen-bond acceptors (Lipinski definition) is 0. The minimum absolute atomic E-state index is 0.755. The highest BCUT2D eigenvalue weighted by Gasteiger charge is 2.73. The average Bonchev–Trinajstić information content (AvgIpc) is 3.01. The summed E-state index contributed by atoms with van der Waals surface area (Å²) in [7, 11) is 0. The molecule has 5 rings (SSSR count). The lowest BCUT2D eigenvalue weighted by atomic mass is 9.46. The summed E-state index contributed by atoms with van der Waals surface area (Å²) in [6, 6.07) is 0. The summed E-state index contributed by atoms with van der Waals surface area (Å²) in [6.45, 7) is 10.5. The SMILES string of the molecule is CCC1C2CCCC3CC4CCCC5C(CC)C(C)C(C1C)(C32)C45. The zero-order valence-corrected chi connectivity index (χ0v) is 16.6. The van der Waals surface area contributed by atoms with Gasteiger partial charge in [-0.05, 0) is 83.9 Å². The van der Waals surface area contributed by atoms with Crippen LogP contribution in [0.3, 0.4) is 0 Å². The van der Waals surface area contributed by atoms with E-state index in [1.165, 1.54) is 12.8 Å². The summed E-state index contributed by atoms with van der Waals surface area (Å²) in [5.74, 6) is 10.8. The van der Waals surface area contributed by atoms with Crippen LogP contribution in [-0.4, -0.2) is 0 Å². The molecule has 10 atom stereocenters. The Morgan fingerprint density at radius 2 is 1.17 bits per heavy atom. The van der Waals surface area contributed by atoms with Crippen LogP contribution in [0, 0.1) is 64.6 Å². The standard InChI is InChI=1S/C24H40/c1-5-18-14(3)24-15(4)19(6-2)21-12-8-10-17(23(21)24)13-16-9-7-11-20(18)22(16)24/h14-23H,5-13H2,1-4H3. The van der Waals surface area contributed by atoms with E-state index in [1.807, 2.05) is 0 Å². The van der Waals surface area contributed by atoms with Gasteiger partial charge in [-0.2, -0.15) is 0 Å². The van der Waals surface area contributed by atoms with Crippen molar-refractivity contribution in [1.82, 2.24) is 0 Å². The van der Waals surface area contributed by atoms with Crippen LogP contribution >= 0.6 is 0 Å². The maximum Gasteiger partial charge on any atom is -0.0173 e. The van der Waals surface area contributed by atoms with Crippen LogP contribution in [0.5, 0.6) is 0 Å². The third-order valence-electron chi connectivity index (χ3n) is 10.8. The highest BCUT2D eigenvalue weighted by Crippen LogP contribution is 2.78. The van der Waals surface area contributed by atoms with Gasteiger partial charge in [0.25, 0.3) is 0 Å². The van der Waals surface area contributed by atoms with E-state index in [9.17, 15) is 0 Å². The zero-order valence-electron chi connectivity index (χ0n) is 16.6. The highest BCUT2D eigenvalue weighted by atomic mass is 14.8. The Labute approximate surface area is 150 Å². The van der Waals surface area contributed by atoms with Gasteiger partial charge in [0, 0.05) is 0 Å². The molecule has 0 nitrogen and oxygen atoms in total. The summed E-state index contributed by atoms with van der Waals surface area (Å²) in [4.78, 5) is 0. The quantitative estimate of drug-likeness (QED) is 0.523. The molecule has 0 aromatic rings. The van der Waals surface area contributed by atoms with Gasteiger partial charge in [0.15, 0.2) is 0 Å². The summed E-state index contributed by atoms with van der Waals surface area (Å²) in [6.07, 6.45) is 14.0. The van der Waals surface area contributed by atoms with Gasteiger partial charge in [-0.15, -0.1) is 0 Å². The molecule has 5 aliphatic rings. The molecule has 0 aromatic heterocycles. The first-order valence-electron chi connectivity index (χ1n) is 11.7. The number of rotatable bonds is 2. The summed E-state index contributed by atoms with van der Waals surface area (Å²) in [5.41, 5.74) is 0.755.